The first-order chi connectivity index (χ1) is 5.54. The molecular weight excluding hydrogens is 207 g/mol. The van der Waals surface area contributed by atoms with E-state index in [1.54, 1.807) is 0 Å². The van der Waals surface area contributed by atoms with Gasteiger partial charge in [0.25, 0.3) is 0 Å². The second-order valence-electron chi connectivity index (χ2n) is 2.36. The van der Waals surface area contributed by atoms with Crippen LogP contribution in [0.25, 0.3) is 0 Å². The van der Waals surface area contributed by atoms with Crippen molar-refractivity contribution >= 4 is 57.7 Å². The molecule has 0 saturated heterocycles. The van der Waals surface area contributed by atoms with Crippen LogP contribution in [0.15, 0.2) is 0 Å². The third-order valence-corrected chi connectivity index (χ3v) is 1.42. The average molecular weight is 219 g/mol. The van der Waals surface area contributed by atoms with E-state index in [2.05, 4.69) is 0 Å². The summed E-state index contributed by atoms with van der Waals surface area (Å²) in [4.78, 5) is 9.90. The molecule has 0 heterocycles. The smallest absolute Gasteiger partial charge is 0.151 e. The van der Waals surface area contributed by atoms with Gasteiger partial charge in [0.1, 0.15) is 24.4 Å². The van der Waals surface area contributed by atoms with Crippen LogP contribution in [0.2, 0.25) is 0 Å². The van der Waals surface area contributed by atoms with E-state index >= 15 is 0 Å². The minimum atomic E-state index is -1.79. The van der Waals surface area contributed by atoms with Gasteiger partial charge in [-0.25, -0.2) is 0 Å². The van der Waals surface area contributed by atoms with Crippen molar-refractivity contribution in [2.45, 2.75) is 24.4 Å². The van der Waals surface area contributed by atoms with Crippen molar-refractivity contribution in [3.8, 4) is 0 Å². The standard InChI is InChI=1S/C6H12O6.K/c7-1-3(9)5(11)6(12)4(10)2-8;/h1,3-6,8-12H,2H2;/t3-,4+,5+,6+;/m0./s1. The van der Waals surface area contributed by atoms with E-state index in [1.807, 2.05) is 0 Å². The Kier molecular flexibility index (Phi) is 10.7. The van der Waals surface area contributed by atoms with Crippen LogP contribution >= 0.6 is 0 Å². The SMILES string of the molecule is O=C[C@H](O)[C@@H](O)[C@H](O)[C@H](O)CO.[K]. The molecule has 0 amide bonds. The van der Waals surface area contributed by atoms with Crippen LogP contribution in [0, 0.1) is 0 Å². The normalized spacial score (nSPS) is 19.5. The number of aldehydes is 1. The van der Waals surface area contributed by atoms with Crippen LogP contribution in [0.3, 0.4) is 0 Å². The van der Waals surface area contributed by atoms with Crippen LogP contribution in [-0.2, 0) is 4.79 Å². The Hall–Kier alpha value is 1.11. The van der Waals surface area contributed by atoms with Gasteiger partial charge in [-0.2, -0.15) is 0 Å². The number of rotatable bonds is 5. The average Bonchev–Trinajstić information content (AvgIpc) is 2.12. The molecule has 7 heteroatoms. The number of aliphatic hydroxyl groups excluding tert-OH is 5. The summed E-state index contributed by atoms with van der Waals surface area (Å²) in [7, 11) is 0. The van der Waals surface area contributed by atoms with Gasteiger partial charge in [-0.3, -0.25) is 0 Å². The summed E-state index contributed by atoms with van der Waals surface area (Å²) >= 11 is 0. The van der Waals surface area contributed by atoms with Gasteiger partial charge in [-0.1, -0.05) is 0 Å². The second kappa shape index (κ2) is 8.42. The molecule has 0 aromatic rings. The Labute approximate surface area is 118 Å². The predicted molar refractivity (Wildman–Crippen MR) is 42.9 cm³/mol. The zero-order valence-electron chi connectivity index (χ0n) is 7.24. The van der Waals surface area contributed by atoms with Gasteiger partial charge in [0.05, 0.1) is 6.61 Å². The van der Waals surface area contributed by atoms with Gasteiger partial charge < -0.3 is 30.3 Å². The minimum Gasteiger partial charge on any atom is -0.394 e. The Morgan fingerprint density at radius 2 is 1.54 bits per heavy atom. The molecular formula is C6H12KO6. The predicted octanol–water partition coefficient (Wildman–Crippen LogP) is -3.76. The summed E-state index contributed by atoms with van der Waals surface area (Å²) in [6.45, 7) is -0.760. The zero-order chi connectivity index (χ0) is 9.72. The summed E-state index contributed by atoms with van der Waals surface area (Å²) in [5, 5.41) is 43.5. The second-order valence-corrected chi connectivity index (χ2v) is 2.36. The van der Waals surface area contributed by atoms with Crippen LogP contribution < -0.4 is 0 Å². The van der Waals surface area contributed by atoms with Gasteiger partial charge in [0.15, 0.2) is 6.29 Å². The molecule has 1 radical (unpaired) electrons. The minimum absolute atomic E-state index is 0. The molecule has 0 aliphatic rings. The van der Waals surface area contributed by atoms with Gasteiger partial charge >= 0.3 is 0 Å². The van der Waals surface area contributed by atoms with Gasteiger partial charge in [0.2, 0.25) is 0 Å². The van der Waals surface area contributed by atoms with Gasteiger partial charge in [-0.15, -0.1) is 0 Å². The molecule has 0 spiro atoms. The number of hydrogen-bond donors (Lipinski definition) is 5. The Bertz CT molecular complexity index is 143. The molecule has 13 heavy (non-hydrogen) atoms. The van der Waals surface area contributed by atoms with E-state index in [-0.39, 0.29) is 57.7 Å². The van der Waals surface area contributed by atoms with E-state index in [4.69, 9.17) is 25.5 Å². The Balaban J connectivity index is 0. The van der Waals surface area contributed by atoms with Crippen molar-refractivity contribution in [1.29, 1.82) is 0 Å². The van der Waals surface area contributed by atoms with E-state index in [0.717, 1.165) is 0 Å². The molecule has 0 bridgehead atoms. The first-order valence-corrected chi connectivity index (χ1v) is 3.33. The van der Waals surface area contributed by atoms with Crippen LogP contribution in [0.5, 0.6) is 0 Å². The topological polar surface area (TPSA) is 118 Å². The molecule has 5 N–H and O–H groups in total. The number of aliphatic hydroxyl groups is 5. The zero-order valence-corrected chi connectivity index (χ0v) is 10.4. The van der Waals surface area contributed by atoms with Crippen molar-refractivity contribution < 1.29 is 30.3 Å². The van der Waals surface area contributed by atoms with Crippen LogP contribution in [0.1, 0.15) is 0 Å². The first kappa shape index (κ1) is 16.5. The molecule has 0 saturated carbocycles. The summed E-state index contributed by atoms with van der Waals surface area (Å²) in [6.07, 6.45) is -6.84. The Morgan fingerprint density at radius 3 is 1.85 bits per heavy atom. The van der Waals surface area contributed by atoms with Gasteiger partial charge in [0, 0.05) is 51.4 Å². The van der Waals surface area contributed by atoms with Crippen molar-refractivity contribution in [2.24, 2.45) is 0 Å². The number of carbonyl (C=O) groups excluding carboxylic acids is 1. The fourth-order valence-corrected chi connectivity index (χ4v) is 0.618. The van der Waals surface area contributed by atoms with E-state index in [0.29, 0.717) is 0 Å². The summed E-state index contributed by atoms with van der Waals surface area (Å²) in [5.74, 6) is 0. The maximum absolute atomic E-state index is 9.90. The summed E-state index contributed by atoms with van der Waals surface area (Å²) in [6, 6.07) is 0. The van der Waals surface area contributed by atoms with Crippen molar-refractivity contribution in [1.82, 2.24) is 0 Å². The molecule has 0 aromatic carbocycles. The molecule has 0 fully saturated rings. The Morgan fingerprint density at radius 1 is 1.08 bits per heavy atom. The molecule has 4 atom stereocenters. The van der Waals surface area contributed by atoms with Crippen molar-refractivity contribution in [3.63, 3.8) is 0 Å². The third kappa shape index (κ3) is 5.52. The molecule has 0 rings (SSSR count). The number of hydrogen-bond acceptors (Lipinski definition) is 6. The largest absolute Gasteiger partial charge is 0.394 e. The maximum atomic E-state index is 9.90. The van der Waals surface area contributed by atoms with Gasteiger partial charge in [-0.05, 0) is 0 Å². The fourth-order valence-electron chi connectivity index (χ4n) is 0.618. The van der Waals surface area contributed by atoms with Crippen molar-refractivity contribution in [3.05, 3.63) is 0 Å². The van der Waals surface area contributed by atoms with E-state index < -0.39 is 31.0 Å². The first-order valence-electron chi connectivity index (χ1n) is 3.33. The molecule has 0 aliphatic carbocycles. The van der Waals surface area contributed by atoms with E-state index in [9.17, 15) is 4.79 Å². The summed E-state index contributed by atoms with van der Waals surface area (Å²) < 4.78 is 0. The third-order valence-electron chi connectivity index (χ3n) is 1.42. The molecule has 6 nitrogen and oxygen atoms in total. The quantitative estimate of drug-likeness (QED) is 0.239. The molecule has 0 unspecified atom stereocenters. The molecule has 0 aliphatic heterocycles. The van der Waals surface area contributed by atoms with E-state index in [1.165, 1.54) is 0 Å². The molecule has 0 aromatic heterocycles. The summed E-state index contributed by atoms with van der Waals surface area (Å²) in [5.41, 5.74) is 0. The molecule has 73 valence electrons. The monoisotopic (exact) mass is 219 g/mol. The van der Waals surface area contributed by atoms with Crippen LogP contribution in [-0.4, -0.2) is 114 Å². The van der Waals surface area contributed by atoms with Crippen molar-refractivity contribution in [2.75, 3.05) is 6.61 Å². The number of carbonyl (C=O) groups is 1. The fraction of sp³-hybridized carbons (Fsp3) is 0.833. The van der Waals surface area contributed by atoms with Crippen LogP contribution in [0.4, 0.5) is 0 Å². The maximum Gasteiger partial charge on any atom is 0.151 e.